The largest absolute Gasteiger partial charge is 0.384 e. The maximum Gasteiger partial charge on any atom is 0.240 e. The molecule has 0 atom stereocenters. The van der Waals surface area contributed by atoms with Crippen molar-refractivity contribution >= 4 is 11.7 Å². The van der Waals surface area contributed by atoms with Gasteiger partial charge in [-0.1, -0.05) is 0 Å². The quantitative estimate of drug-likeness (QED) is 0.739. The lowest BCUT2D eigenvalue weighted by atomic mass is 10.2. The van der Waals surface area contributed by atoms with E-state index in [1.54, 1.807) is 36.5 Å². The highest BCUT2D eigenvalue weighted by atomic mass is 16.5. The molecule has 2 aromatic heterocycles. The van der Waals surface area contributed by atoms with Crippen LogP contribution in [0.5, 0.6) is 0 Å². The number of carbonyl (C=O) groups excluding carboxylic acids is 1. The Bertz CT molecular complexity index is 564. The van der Waals surface area contributed by atoms with Gasteiger partial charge in [0.2, 0.25) is 5.91 Å². The first-order valence-electron chi connectivity index (χ1n) is 6.18. The monoisotopic (exact) mass is 275 g/mol. The highest BCUT2D eigenvalue weighted by Gasteiger charge is 2.09. The van der Waals surface area contributed by atoms with Gasteiger partial charge in [-0.2, -0.15) is 0 Å². The van der Waals surface area contributed by atoms with Crippen molar-refractivity contribution in [2.24, 2.45) is 0 Å². The second-order valence-electron chi connectivity index (χ2n) is 4.22. The molecule has 3 N–H and O–H groups in total. The molecular weight excluding hydrogens is 258 g/mol. The lowest BCUT2D eigenvalue weighted by molar-refractivity contribution is -0.121. The van der Waals surface area contributed by atoms with Crippen molar-refractivity contribution in [2.45, 2.75) is 6.54 Å². The van der Waals surface area contributed by atoms with E-state index in [1.807, 2.05) is 6.07 Å². The summed E-state index contributed by atoms with van der Waals surface area (Å²) in [7, 11) is 1.59. The number of nitrogen functional groups attached to an aromatic ring is 1. The number of amides is 1. The topological polar surface area (TPSA) is 95.1 Å². The smallest absolute Gasteiger partial charge is 0.240 e. The minimum Gasteiger partial charge on any atom is -0.384 e. The Labute approximate surface area is 116 Å². The third-order valence-electron chi connectivity index (χ3n) is 2.74. The van der Waals surface area contributed by atoms with E-state index in [4.69, 9.17) is 10.5 Å². The van der Waals surface area contributed by atoms with E-state index < -0.39 is 0 Å². The van der Waals surface area contributed by atoms with Crippen LogP contribution in [0.2, 0.25) is 0 Å². The van der Waals surface area contributed by atoms with Crippen LogP contribution >= 0.6 is 0 Å². The summed E-state index contributed by atoms with van der Waals surface area (Å²) in [5, 5.41) is 2.76. The van der Waals surface area contributed by atoms with Gasteiger partial charge in [0.25, 0.3) is 0 Å². The normalized spacial score (nSPS) is 10.4. The van der Waals surface area contributed by atoms with Gasteiger partial charge in [-0.25, -0.2) is 9.97 Å². The second-order valence-corrected chi connectivity index (χ2v) is 4.22. The first kappa shape index (κ1) is 14.0. The molecule has 0 aromatic carbocycles. The minimum atomic E-state index is -0.0929. The van der Waals surface area contributed by atoms with Crippen LogP contribution in [0.3, 0.4) is 0 Å². The molecule has 20 heavy (non-hydrogen) atoms. The number of anilines is 1. The lowest BCUT2D eigenvalue weighted by Gasteiger charge is -2.09. The van der Waals surface area contributed by atoms with Gasteiger partial charge in [-0.15, -0.1) is 0 Å². The maximum atomic E-state index is 11.8. The van der Waals surface area contributed by atoms with Crippen LogP contribution in [0.1, 0.15) is 0 Å². The van der Waals surface area contributed by atoms with E-state index in [1.165, 1.54) is 0 Å². The van der Waals surface area contributed by atoms with E-state index >= 15 is 0 Å². The fraction of sp³-hybridized carbons (Fsp3) is 0.308. The number of imidazole rings is 1. The molecule has 1 amide bonds. The Morgan fingerprint density at radius 1 is 1.45 bits per heavy atom. The molecule has 0 bridgehead atoms. The van der Waals surface area contributed by atoms with Crippen molar-refractivity contribution in [2.75, 3.05) is 26.0 Å². The van der Waals surface area contributed by atoms with Gasteiger partial charge in [0, 0.05) is 25.4 Å². The third kappa shape index (κ3) is 3.55. The molecule has 0 aliphatic carbocycles. The molecular formula is C13H17N5O2. The van der Waals surface area contributed by atoms with Crippen molar-refractivity contribution < 1.29 is 9.53 Å². The summed E-state index contributed by atoms with van der Waals surface area (Å²) in [6.07, 6.45) is 4.96. The molecule has 2 aromatic rings. The van der Waals surface area contributed by atoms with Gasteiger partial charge in [0.15, 0.2) is 0 Å². The van der Waals surface area contributed by atoms with E-state index in [9.17, 15) is 4.79 Å². The van der Waals surface area contributed by atoms with Gasteiger partial charge < -0.3 is 20.4 Å². The van der Waals surface area contributed by atoms with Crippen LogP contribution in [0.25, 0.3) is 11.3 Å². The molecule has 7 nitrogen and oxygen atoms in total. The molecule has 0 saturated carbocycles. The molecule has 0 spiro atoms. The SMILES string of the molecule is COCCNC(=O)Cn1cncc1-c1ccc(N)nc1. The number of rotatable bonds is 6. The van der Waals surface area contributed by atoms with Crippen LogP contribution in [0, 0.1) is 0 Å². The highest BCUT2D eigenvalue weighted by Crippen LogP contribution is 2.18. The zero-order chi connectivity index (χ0) is 14.4. The Morgan fingerprint density at radius 2 is 2.30 bits per heavy atom. The molecule has 0 aliphatic heterocycles. The second kappa shape index (κ2) is 6.67. The lowest BCUT2D eigenvalue weighted by Crippen LogP contribution is -2.30. The van der Waals surface area contributed by atoms with Gasteiger partial charge in [-0.05, 0) is 12.1 Å². The zero-order valence-electron chi connectivity index (χ0n) is 11.2. The number of hydrogen-bond donors (Lipinski definition) is 2. The molecule has 0 saturated heterocycles. The standard InChI is InChI=1S/C13H17N5O2/c1-20-5-4-16-13(19)8-18-9-15-7-11(18)10-2-3-12(14)17-6-10/h2-3,6-7,9H,4-5,8H2,1H3,(H2,14,17)(H,16,19). The number of carbonyl (C=O) groups is 1. The molecule has 2 heterocycles. The van der Waals surface area contributed by atoms with Crippen LogP contribution < -0.4 is 11.1 Å². The van der Waals surface area contributed by atoms with E-state index in [-0.39, 0.29) is 12.5 Å². The molecule has 106 valence electrons. The van der Waals surface area contributed by atoms with Crippen LogP contribution in [-0.4, -0.2) is 40.7 Å². The molecule has 0 aliphatic rings. The van der Waals surface area contributed by atoms with Gasteiger partial charge >= 0.3 is 0 Å². The summed E-state index contributed by atoms with van der Waals surface area (Å²) in [6.45, 7) is 1.18. The Morgan fingerprint density at radius 3 is 3.00 bits per heavy atom. The number of nitrogens with two attached hydrogens (primary N) is 1. The number of nitrogens with zero attached hydrogens (tertiary/aromatic N) is 3. The number of methoxy groups -OCH3 is 1. The predicted molar refractivity (Wildman–Crippen MR) is 74.8 cm³/mol. The number of ether oxygens (including phenoxy) is 1. The average Bonchev–Trinajstić information content (AvgIpc) is 2.88. The summed E-state index contributed by atoms with van der Waals surface area (Å²) >= 11 is 0. The minimum absolute atomic E-state index is 0.0929. The average molecular weight is 275 g/mol. The Balaban J connectivity index is 2.05. The van der Waals surface area contributed by atoms with E-state index in [0.29, 0.717) is 19.0 Å². The number of aromatic nitrogens is 3. The van der Waals surface area contributed by atoms with Crippen molar-refractivity contribution in [3.05, 3.63) is 30.9 Å². The van der Waals surface area contributed by atoms with Gasteiger partial charge in [-0.3, -0.25) is 4.79 Å². The van der Waals surface area contributed by atoms with Crippen LogP contribution in [0.15, 0.2) is 30.9 Å². The summed E-state index contributed by atoms with van der Waals surface area (Å²) in [6, 6.07) is 3.56. The Kier molecular flexibility index (Phi) is 4.67. The number of nitrogens with one attached hydrogen (secondary N) is 1. The maximum absolute atomic E-state index is 11.8. The molecule has 0 unspecified atom stereocenters. The highest BCUT2D eigenvalue weighted by molar-refractivity contribution is 5.76. The predicted octanol–water partition coefficient (Wildman–Crippen LogP) is 0.290. The summed E-state index contributed by atoms with van der Waals surface area (Å²) in [5.74, 6) is 0.363. The number of pyridine rings is 1. The molecule has 7 heteroatoms. The van der Waals surface area contributed by atoms with E-state index in [0.717, 1.165) is 11.3 Å². The molecule has 2 rings (SSSR count). The fourth-order valence-corrected chi connectivity index (χ4v) is 1.75. The van der Waals surface area contributed by atoms with Crippen molar-refractivity contribution in [3.63, 3.8) is 0 Å². The van der Waals surface area contributed by atoms with Gasteiger partial charge in [0.1, 0.15) is 12.4 Å². The summed E-state index contributed by atoms with van der Waals surface area (Å²) < 4.78 is 6.64. The summed E-state index contributed by atoms with van der Waals surface area (Å²) in [5.41, 5.74) is 7.24. The first-order chi connectivity index (χ1) is 9.70. The van der Waals surface area contributed by atoms with Crippen molar-refractivity contribution in [1.29, 1.82) is 0 Å². The van der Waals surface area contributed by atoms with Crippen molar-refractivity contribution in [1.82, 2.24) is 19.9 Å². The zero-order valence-corrected chi connectivity index (χ0v) is 11.2. The summed E-state index contributed by atoms with van der Waals surface area (Å²) in [4.78, 5) is 19.9. The van der Waals surface area contributed by atoms with Gasteiger partial charge in [0.05, 0.1) is 24.8 Å². The fourth-order valence-electron chi connectivity index (χ4n) is 1.75. The van der Waals surface area contributed by atoms with Crippen molar-refractivity contribution in [3.8, 4) is 11.3 Å². The number of hydrogen-bond acceptors (Lipinski definition) is 5. The third-order valence-corrected chi connectivity index (χ3v) is 2.74. The molecule has 0 fully saturated rings. The molecule has 0 radical (unpaired) electrons. The Hall–Kier alpha value is -2.41. The van der Waals surface area contributed by atoms with Crippen LogP contribution in [-0.2, 0) is 16.1 Å². The van der Waals surface area contributed by atoms with Crippen LogP contribution in [0.4, 0.5) is 5.82 Å². The first-order valence-corrected chi connectivity index (χ1v) is 6.18. The van der Waals surface area contributed by atoms with E-state index in [2.05, 4.69) is 15.3 Å².